The van der Waals surface area contributed by atoms with Crippen LogP contribution in [0.1, 0.15) is 53.4 Å². The van der Waals surface area contributed by atoms with Crippen LogP contribution in [0.4, 0.5) is 0 Å². The summed E-state index contributed by atoms with van der Waals surface area (Å²) in [5.41, 5.74) is 0.338. The Morgan fingerprint density at radius 1 is 1.32 bits per heavy atom. The molecule has 137 valence electrons. The van der Waals surface area contributed by atoms with E-state index in [0.717, 1.165) is 0 Å². The Hall–Kier alpha value is -0.378. The fraction of sp³-hybridized carbons (Fsp3) is 0.500. The smallest absolute Gasteiger partial charge is 0.0564 e. The van der Waals surface area contributed by atoms with Crippen molar-refractivity contribution in [1.29, 1.82) is 0 Å². The maximum atomic E-state index is 11.8. The van der Waals surface area contributed by atoms with Gasteiger partial charge in [-0.2, -0.15) is 6.08 Å². The molecule has 1 aliphatic carbocycles. The van der Waals surface area contributed by atoms with Crippen LogP contribution in [0.3, 0.4) is 0 Å². The summed E-state index contributed by atoms with van der Waals surface area (Å²) in [6.07, 6.45) is 12.1. The third-order valence-electron chi connectivity index (χ3n) is 2.58. The average molecular weight is 590 g/mol. The van der Waals surface area contributed by atoms with E-state index in [-0.39, 0.29) is 66.6 Å². The van der Waals surface area contributed by atoms with Crippen LogP contribution < -0.4 is 0 Å². The molecule has 1 radical (unpaired) electrons. The normalized spacial score (nSPS) is 17.6. The number of allylic oxidation sites excluding steroid dienone is 4. The Bertz CT molecular complexity index is 503. The van der Waals surface area contributed by atoms with Crippen molar-refractivity contribution in [2.75, 3.05) is 0 Å². The van der Waals surface area contributed by atoms with Gasteiger partial charge in [0.1, 0.15) is 0 Å². The first kappa shape index (κ1) is 29.4. The molecule has 2 aliphatic rings. The van der Waals surface area contributed by atoms with Gasteiger partial charge in [0.25, 0.3) is 0 Å². The van der Waals surface area contributed by atoms with Crippen molar-refractivity contribution in [1.82, 2.24) is 0 Å². The SMILES string of the molecule is CC.CCC.O=C1CCC([N-]C(=O)C2=CCC=CC=[C-]2)C(=O)[N-]1.[W].[Y]. The molecule has 0 saturated carbocycles. The molecular weight excluding hydrogens is 565 g/mol. The quantitative estimate of drug-likeness (QED) is 0.358. The summed E-state index contributed by atoms with van der Waals surface area (Å²) < 4.78 is 0. The van der Waals surface area contributed by atoms with E-state index in [9.17, 15) is 14.4 Å². The van der Waals surface area contributed by atoms with E-state index in [2.05, 4.69) is 30.6 Å². The van der Waals surface area contributed by atoms with Gasteiger partial charge in [0.15, 0.2) is 0 Å². The van der Waals surface area contributed by atoms with E-state index in [1.807, 2.05) is 19.9 Å². The number of nitrogens with zero attached hydrogens (tertiary/aromatic N) is 2. The molecule has 0 aromatic heterocycles. The molecule has 1 aliphatic heterocycles. The van der Waals surface area contributed by atoms with Crippen molar-refractivity contribution in [3.05, 3.63) is 46.6 Å². The van der Waals surface area contributed by atoms with E-state index in [1.165, 1.54) is 6.42 Å². The third kappa shape index (κ3) is 12.6. The van der Waals surface area contributed by atoms with E-state index < -0.39 is 23.8 Å². The number of hydrogen-bond donors (Lipinski definition) is 0. The van der Waals surface area contributed by atoms with Crippen molar-refractivity contribution in [3.63, 3.8) is 0 Å². The molecule has 1 saturated heterocycles. The van der Waals surface area contributed by atoms with Crippen LogP contribution in [0.15, 0.2) is 29.9 Å². The van der Waals surface area contributed by atoms with E-state index in [0.29, 0.717) is 12.0 Å². The summed E-state index contributed by atoms with van der Waals surface area (Å²) in [5, 5.41) is 7.10. The summed E-state index contributed by atoms with van der Waals surface area (Å²) in [6.45, 7) is 8.25. The second-order valence-corrected chi connectivity index (χ2v) is 4.63. The minimum Gasteiger partial charge on any atom is -0.687 e. The third-order valence-corrected chi connectivity index (χ3v) is 2.58. The van der Waals surface area contributed by atoms with Gasteiger partial charge >= 0.3 is 0 Å². The molecule has 0 spiro atoms. The topological polar surface area (TPSA) is 79.4 Å². The monoisotopic (exact) mass is 590 g/mol. The number of amides is 3. The maximum Gasteiger partial charge on any atom is 0.0564 e. The number of hydrogen-bond acceptors (Lipinski definition) is 3. The first-order valence-electron chi connectivity index (χ1n) is 8.07. The Labute approximate surface area is 190 Å². The zero-order chi connectivity index (χ0) is 17.7. The molecule has 25 heavy (non-hydrogen) atoms. The van der Waals surface area contributed by atoms with E-state index in [4.69, 9.17) is 0 Å². The molecule has 3 amide bonds. The number of carbonyl (C=O) groups is 3. The van der Waals surface area contributed by atoms with Gasteiger partial charge < -0.3 is 25.0 Å². The maximum absolute atomic E-state index is 11.8. The summed E-state index contributed by atoms with van der Waals surface area (Å²) in [4.78, 5) is 34.1. The minimum absolute atomic E-state index is 0. The van der Waals surface area contributed by atoms with Gasteiger partial charge in [-0.15, -0.1) is 29.9 Å². The zero-order valence-corrected chi connectivity index (χ0v) is 21.1. The van der Waals surface area contributed by atoms with Crippen molar-refractivity contribution in [2.24, 2.45) is 0 Å². The van der Waals surface area contributed by atoms with Crippen LogP contribution in [0.25, 0.3) is 10.6 Å². The Morgan fingerprint density at radius 3 is 2.48 bits per heavy atom. The summed E-state index contributed by atoms with van der Waals surface area (Å²) in [6, 6.07) is -0.825. The van der Waals surface area contributed by atoms with Gasteiger partial charge in [-0.25, -0.2) is 0 Å². The summed E-state index contributed by atoms with van der Waals surface area (Å²) in [7, 11) is 0. The van der Waals surface area contributed by atoms with Gasteiger partial charge in [-0.1, -0.05) is 53.0 Å². The average Bonchev–Trinajstić information content (AvgIpc) is 2.82. The van der Waals surface area contributed by atoms with Crippen molar-refractivity contribution in [3.8, 4) is 0 Å². The molecule has 0 aromatic carbocycles. The molecule has 0 bridgehead atoms. The largest absolute Gasteiger partial charge is 0.687 e. The van der Waals surface area contributed by atoms with Gasteiger partial charge in [0.05, 0.1) is 5.91 Å². The van der Waals surface area contributed by atoms with Crippen molar-refractivity contribution < 1.29 is 68.2 Å². The first-order valence-corrected chi connectivity index (χ1v) is 8.07. The molecular formula is C18H25N2O3WY-3. The number of piperidine rings is 1. The van der Waals surface area contributed by atoms with Gasteiger partial charge in [-0.3, -0.25) is 0 Å². The number of imide groups is 1. The van der Waals surface area contributed by atoms with Crippen LogP contribution in [0.2, 0.25) is 0 Å². The second kappa shape index (κ2) is 18.4. The number of carbonyl (C=O) groups excluding carboxylic acids is 3. The molecule has 1 unspecified atom stereocenters. The van der Waals surface area contributed by atoms with E-state index in [1.54, 1.807) is 18.2 Å². The zero-order valence-electron chi connectivity index (χ0n) is 15.3. The molecule has 1 heterocycles. The van der Waals surface area contributed by atoms with Crippen LogP contribution >= 0.6 is 0 Å². The molecule has 1 atom stereocenters. The first-order chi connectivity index (χ1) is 11.1. The molecule has 0 aromatic rings. The second-order valence-electron chi connectivity index (χ2n) is 4.63. The Kier molecular flexibility index (Phi) is 21.6. The summed E-state index contributed by atoms with van der Waals surface area (Å²) in [5.74, 6) is -1.56. The molecule has 5 nitrogen and oxygen atoms in total. The predicted octanol–water partition coefficient (Wildman–Crippen LogP) is 4.16. The standard InChI is InChI=1S/C13H13N2O3.C3H8.C2H6.W.Y/c16-11-8-7-10(13(18)15-11)14-12(17)9-5-3-1-2-4-6-9;1-3-2;1-2;;/h1-3,6,10H,4,7-8H2,(H2,14,15,16,17,18);3H2,1-2H3;1-2H3;;/q-1;;;;/p-2. The fourth-order valence-electron chi connectivity index (χ4n) is 1.65. The molecule has 7 heteroatoms. The van der Waals surface area contributed by atoms with Crippen LogP contribution in [-0.2, 0) is 68.2 Å². The van der Waals surface area contributed by atoms with Gasteiger partial charge in [0.2, 0.25) is 0 Å². The fourth-order valence-corrected chi connectivity index (χ4v) is 1.65. The van der Waals surface area contributed by atoms with Gasteiger partial charge in [0, 0.05) is 59.7 Å². The van der Waals surface area contributed by atoms with Crippen molar-refractivity contribution >= 4 is 17.7 Å². The van der Waals surface area contributed by atoms with Crippen molar-refractivity contribution in [2.45, 2.75) is 59.4 Å². The van der Waals surface area contributed by atoms with Crippen LogP contribution in [0, 0.1) is 6.08 Å². The number of rotatable bonds is 2. The Balaban J connectivity index is -0.000000627. The molecule has 0 N–H and O–H groups in total. The summed E-state index contributed by atoms with van der Waals surface area (Å²) >= 11 is 0. The molecule has 2 rings (SSSR count). The van der Waals surface area contributed by atoms with Crippen LogP contribution in [-0.4, -0.2) is 23.8 Å². The predicted molar refractivity (Wildman–Crippen MR) is 91.7 cm³/mol. The van der Waals surface area contributed by atoms with E-state index >= 15 is 0 Å². The van der Waals surface area contributed by atoms with Crippen LogP contribution in [0.5, 0.6) is 0 Å². The Morgan fingerprint density at radius 2 is 1.92 bits per heavy atom. The minimum atomic E-state index is -0.825. The van der Waals surface area contributed by atoms with Gasteiger partial charge in [-0.05, 0) is 12.3 Å². The molecule has 1 fully saturated rings.